The molecule has 0 aliphatic carbocycles. The van der Waals surface area contributed by atoms with Gasteiger partial charge in [-0.15, -0.1) is 0 Å². The van der Waals surface area contributed by atoms with Crippen LogP contribution < -0.4 is 10.5 Å². The predicted octanol–water partition coefficient (Wildman–Crippen LogP) is 1.53. The quantitative estimate of drug-likeness (QED) is 0.768. The lowest BCUT2D eigenvalue weighted by atomic mass is 10.1. The number of rotatable bonds is 4. The summed E-state index contributed by atoms with van der Waals surface area (Å²) >= 11 is 0. The molecule has 0 saturated heterocycles. The molecular weight excluding hydrogens is 169 g/mol. The second kappa shape index (κ2) is 4.82. The van der Waals surface area contributed by atoms with Crippen LogP contribution in [0.3, 0.4) is 0 Å². The third kappa shape index (κ3) is 2.70. The van der Waals surface area contributed by atoms with E-state index in [1.807, 2.05) is 24.3 Å². The summed E-state index contributed by atoms with van der Waals surface area (Å²) in [6.07, 6.45) is -0.670. The van der Waals surface area contributed by atoms with Gasteiger partial charge in [-0.05, 0) is 11.6 Å². The summed E-state index contributed by atoms with van der Waals surface area (Å²) in [5.41, 5.74) is 6.06. The number of alkyl halides is 1. The largest absolute Gasteiger partial charge is 0.496 e. The van der Waals surface area contributed by atoms with Gasteiger partial charge in [0.05, 0.1) is 7.11 Å². The first-order valence-corrected chi connectivity index (χ1v) is 4.24. The van der Waals surface area contributed by atoms with Gasteiger partial charge in [-0.25, -0.2) is 4.39 Å². The average Bonchev–Trinajstić information content (AvgIpc) is 2.18. The Labute approximate surface area is 77.5 Å². The van der Waals surface area contributed by atoms with Gasteiger partial charge in [0.1, 0.15) is 11.9 Å². The molecule has 1 aromatic carbocycles. The van der Waals surface area contributed by atoms with Crippen molar-refractivity contribution in [1.29, 1.82) is 0 Å². The van der Waals surface area contributed by atoms with Gasteiger partial charge in [-0.1, -0.05) is 18.2 Å². The second-order valence-corrected chi connectivity index (χ2v) is 2.85. The van der Waals surface area contributed by atoms with Crippen LogP contribution in [0.5, 0.6) is 5.75 Å². The summed E-state index contributed by atoms with van der Waals surface area (Å²) in [6.45, 7) is 0.0536. The smallest absolute Gasteiger partial charge is 0.122 e. The highest BCUT2D eigenvalue weighted by Gasteiger charge is 2.08. The van der Waals surface area contributed by atoms with Gasteiger partial charge in [0.25, 0.3) is 0 Å². The molecule has 0 radical (unpaired) electrons. The number of halogens is 1. The van der Waals surface area contributed by atoms with Crippen LogP contribution in [0.2, 0.25) is 0 Å². The third-order valence-corrected chi connectivity index (χ3v) is 1.89. The minimum Gasteiger partial charge on any atom is -0.496 e. The Kier molecular flexibility index (Phi) is 3.71. The van der Waals surface area contributed by atoms with Crippen molar-refractivity contribution in [2.75, 3.05) is 13.7 Å². The Hall–Kier alpha value is -1.09. The van der Waals surface area contributed by atoms with Crippen LogP contribution >= 0.6 is 0 Å². The number of methoxy groups -OCH3 is 1. The van der Waals surface area contributed by atoms with Gasteiger partial charge >= 0.3 is 0 Å². The molecule has 1 atom stereocenters. The van der Waals surface area contributed by atoms with Crippen molar-refractivity contribution < 1.29 is 9.13 Å². The van der Waals surface area contributed by atoms with Crippen LogP contribution in [-0.2, 0) is 6.42 Å². The molecule has 0 bridgehead atoms. The van der Waals surface area contributed by atoms with Crippen molar-refractivity contribution in [3.05, 3.63) is 29.8 Å². The van der Waals surface area contributed by atoms with Crippen molar-refractivity contribution in [3.8, 4) is 5.75 Å². The maximum absolute atomic E-state index is 13.0. The number of benzene rings is 1. The zero-order valence-electron chi connectivity index (χ0n) is 7.66. The monoisotopic (exact) mass is 183 g/mol. The number of ether oxygens (including phenoxy) is 1. The van der Waals surface area contributed by atoms with Gasteiger partial charge in [0, 0.05) is 13.0 Å². The highest BCUT2D eigenvalue weighted by Crippen LogP contribution is 2.19. The normalized spacial score (nSPS) is 12.5. The molecule has 0 fully saturated rings. The standard InChI is InChI=1S/C10H14FNO/c1-13-10-5-3-2-4-8(10)6-9(11)7-12/h2-5,9H,6-7,12H2,1H3. The molecule has 0 saturated carbocycles. The molecule has 0 heterocycles. The van der Waals surface area contributed by atoms with Crippen molar-refractivity contribution >= 4 is 0 Å². The Morgan fingerprint density at radius 2 is 2.15 bits per heavy atom. The van der Waals surface area contributed by atoms with E-state index >= 15 is 0 Å². The highest BCUT2D eigenvalue weighted by atomic mass is 19.1. The minimum atomic E-state index is -0.990. The van der Waals surface area contributed by atoms with E-state index in [9.17, 15) is 4.39 Å². The lowest BCUT2D eigenvalue weighted by Crippen LogP contribution is -2.17. The van der Waals surface area contributed by atoms with Crippen LogP contribution in [0, 0.1) is 0 Å². The summed E-state index contributed by atoms with van der Waals surface area (Å²) in [5, 5.41) is 0. The fourth-order valence-corrected chi connectivity index (χ4v) is 1.19. The molecule has 72 valence electrons. The Morgan fingerprint density at radius 1 is 1.46 bits per heavy atom. The van der Waals surface area contributed by atoms with Gasteiger partial charge in [0.2, 0.25) is 0 Å². The lowest BCUT2D eigenvalue weighted by molar-refractivity contribution is 0.333. The van der Waals surface area contributed by atoms with E-state index in [1.54, 1.807) is 7.11 Å². The van der Waals surface area contributed by atoms with Crippen LogP contribution in [0.15, 0.2) is 24.3 Å². The Bertz CT molecular complexity index is 265. The summed E-state index contributed by atoms with van der Waals surface area (Å²) in [6, 6.07) is 7.39. The van der Waals surface area contributed by atoms with E-state index in [1.165, 1.54) is 0 Å². The Morgan fingerprint density at radius 3 is 2.77 bits per heavy atom. The molecule has 13 heavy (non-hydrogen) atoms. The third-order valence-electron chi connectivity index (χ3n) is 1.89. The van der Waals surface area contributed by atoms with Crippen LogP contribution in [0.25, 0.3) is 0 Å². The molecule has 3 heteroatoms. The fraction of sp³-hybridized carbons (Fsp3) is 0.400. The molecule has 0 spiro atoms. The summed E-state index contributed by atoms with van der Waals surface area (Å²) in [4.78, 5) is 0. The number of para-hydroxylation sites is 1. The fourth-order valence-electron chi connectivity index (χ4n) is 1.19. The molecule has 1 unspecified atom stereocenters. The summed E-state index contributed by atoms with van der Waals surface area (Å²) in [7, 11) is 1.58. The van der Waals surface area contributed by atoms with Gasteiger partial charge in [0.15, 0.2) is 0 Å². The molecule has 1 aromatic rings. The molecule has 2 N–H and O–H groups in total. The molecule has 0 aliphatic heterocycles. The van der Waals surface area contributed by atoms with E-state index < -0.39 is 6.17 Å². The maximum atomic E-state index is 13.0. The van der Waals surface area contributed by atoms with Gasteiger partial charge < -0.3 is 10.5 Å². The maximum Gasteiger partial charge on any atom is 0.122 e. The second-order valence-electron chi connectivity index (χ2n) is 2.85. The van der Waals surface area contributed by atoms with E-state index in [2.05, 4.69) is 0 Å². The molecular formula is C10H14FNO. The topological polar surface area (TPSA) is 35.2 Å². The summed E-state index contributed by atoms with van der Waals surface area (Å²) < 4.78 is 18.0. The minimum absolute atomic E-state index is 0.0536. The molecule has 2 nitrogen and oxygen atoms in total. The summed E-state index contributed by atoms with van der Waals surface area (Å²) in [5.74, 6) is 0.721. The highest BCUT2D eigenvalue weighted by molar-refractivity contribution is 5.33. The van der Waals surface area contributed by atoms with E-state index in [4.69, 9.17) is 10.5 Å². The molecule has 1 rings (SSSR count). The van der Waals surface area contributed by atoms with E-state index in [-0.39, 0.29) is 6.54 Å². The molecule has 0 aromatic heterocycles. The van der Waals surface area contributed by atoms with E-state index in [0.29, 0.717) is 6.42 Å². The van der Waals surface area contributed by atoms with Gasteiger partial charge in [-0.2, -0.15) is 0 Å². The predicted molar refractivity (Wildman–Crippen MR) is 50.6 cm³/mol. The number of nitrogens with two attached hydrogens (primary N) is 1. The van der Waals surface area contributed by atoms with Crippen molar-refractivity contribution in [3.63, 3.8) is 0 Å². The first kappa shape index (κ1) is 9.99. The van der Waals surface area contributed by atoms with Crippen molar-refractivity contribution in [2.45, 2.75) is 12.6 Å². The van der Waals surface area contributed by atoms with Crippen LogP contribution in [0.1, 0.15) is 5.56 Å². The van der Waals surface area contributed by atoms with Crippen LogP contribution in [0.4, 0.5) is 4.39 Å². The molecule has 0 amide bonds. The zero-order chi connectivity index (χ0) is 9.68. The zero-order valence-corrected chi connectivity index (χ0v) is 7.66. The van der Waals surface area contributed by atoms with Crippen molar-refractivity contribution in [1.82, 2.24) is 0 Å². The lowest BCUT2D eigenvalue weighted by Gasteiger charge is -2.09. The first-order valence-electron chi connectivity index (χ1n) is 4.24. The number of hydrogen-bond donors (Lipinski definition) is 1. The average molecular weight is 183 g/mol. The Balaban J connectivity index is 2.74. The van der Waals surface area contributed by atoms with Crippen LogP contribution in [-0.4, -0.2) is 19.8 Å². The first-order chi connectivity index (χ1) is 6.27. The van der Waals surface area contributed by atoms with E-state index in [0.717, 1.165) is 11.3 Å². The molecule has 0 aliphatic rings. The van der Waals surface area contributed by atoms with Gasteiger partial charge in [-0.3, -0.25) is 0 Å². The SMILES string of the molecule is COc1ccccc1CC(F)CN. The number of hydrogen-bond acceptors (Lipinski definition) is 2. The van der Waals surface area contributed by atoms with Crippen molar-refractivity contribution in [2.24, 2.45) is 5.73 Å².